The molecule has 1 aromatic rings. The van der Waals surface area contributed by atoms with Crippen molar-refractivity contribution in [3.05, 3.63) is 46.1 Å². The lowest BCUT2D eigenvalue weighted by Crippen LogP contribution is -2.51. The van der Waals surface area contributed by atoms with E-state index < -0.39 is 29.7 Å². The van der Waals surface area contributed by atoms with E-state index in [1.807, 2.05) is 0 Å². The SMILES string of the molecule is CCCCO[C@@H]([C@H](O)[C@](C)(N=[N+]=[N-])c1ccccc1F)C(F)(F)F. The number of unbranched alkanes of at least 4 members (excludes halogenated alkanes) is 1. The van der Waals surface area contributed by atoms with Gasteiger partial charge in [0.15, 0.2) is 6.10 Å². The summed E-state index contributed by atoms with van der Waals surface area (Å²) in [5, 5.41) is 13.6. The number of hydrogen-bond donors (Lipinski definition) is 1. The highest BCUT2D eigenvalue weighted by Crippen LogP contribution is 2.38. The lowest BCUT2D eigenvalue weighted by atomic mass is 9.83. The zero-order valence-corrected chi connectivity index (χ0v) is 13.3. The normalized spacial score (nSPS) is 16.8. The smallest absolute Gasteiger partial charge is 0.389 e. The van der Waals surface area contributed by atoms with Gasteiger partial charge in [-0.05, 0) is 24.9 Å². The lowest BCUT2D eigenvalue weighted by molar-refractivity contribution is -0.254. The lowest BCUT2D eigenvalue weighted by Gasteiger charge is -2.36. The molecule has 0 aromatic heterocycles. The van der Waals surface area contributed by atoms with E-state index in [0.717, 1.165) is 19.1 Å². The summed E-state index contributed by atoms with van der Waals surface area (Å²) in [6, 6.07) is 4.87. The standard InChI is InChI=1S/C15H19F4N3O2/c1-3-4-9-24-13(15(17,18)19)12(23)14(2,21-22-20)10-7-5-6-8-11(10)16/h5-8,12-13,23H,3-4,9H2,1-2H3/t12-,13-,14+/m0/s1. The van der Waals surface area contributed by atoms with E-state index in [9.17, 15) is 22.7 Å². The number of hydrogen-bond acceptors (Lipinski definition) is 3. The Morgan fingerprint density at radius 3 is 2.46 bits per heavy atom. The minimum Gasteiger partial charge on any atom is -0.389 e. The predicted octanol–water partition coefficient (Wildman–Crippen LogP) is 4.46. The van der Waals surface area contributed by atoms with Gasteiger partial charge in [0.25, 0.3) is 0 Å². The molecular weight excluding hydrogens is 330 g/mol. The van der Waals surface area contributed by atoms with Crippen LogP contribution in [0.3, 0.4) is 0 Å². The fourth-order valence-electron chi connectivity index (χ4n) is 2.25. The minimum atomic E-state index is -4.91. The largest absolute Gasteiger partial charge is 0.417 e. The molecule has 134 valence electrons. The highest BCUT2D eigenvalue weighted by atomic mass is 19.4. The van der Waals surface area contributed by atoms with Gasteiger partial charge in [-0.3, -0.25) is 0 Å². The van der Waals surface area contributed by atoms with Crippen molar-refractivity contribution in [2.24, 2.45) is 5.11 Å². The molecule has 9 heteroatoms. The Bertz CT molecular complexity index is 590. The summed E-state index contributed by atoms with van der Waals surface area (Å²) in [6.07, 6.45) is -8.88. The van der Waals surface area contributed by atoms with Crippen molar-refractivity contribution in [1.82, 2.24) is 0 Å². The third-order valence-electron chi connectivity index (χ3n) is 3.65. The summed E-state index contributed by atoms with van der Waals surface area (Å²) in [7, 11) is 0. The molecule has 0 amide bonds. The van der Waals surface area contributed by atoms with Gasteiger partial charge in [0.05, 0.1) is 0 Å². The van der Waals surface area contributed by atoms with Crippen LogP contribution in [0.5, 0.6) is 0 Å². The van der Waals surface area contributed by atoms with Crippen LogP contribution in [-0.2, 0) is 10.3 Å². The Morgan fingerprint density at radius 2 is 1.96 bits per heavy atom. The van der Waals surface area contributed by atoms with E-state index in [-0.39, 0.29) is 12.2 Å². The van der Waals surface area contributed by atoms with Crippen molar-refractivity contribution in [3.8, 4) is 0 Å². The molecule has 0 aliphatic rings. The Morgan fingerprint density at radius 1 is 1.33 bits per heavy atom. The highest BCUT2D eigenvalue weighted by molar-refractivity contribution is 5.28. The maximum absolute atomic E-state index is 14.0. The molecule has 0 unspecified atom stereocenters. The molecule has 0 saturated heterocycles. The molecule has 24 heavy (non-hydrogen) atoms. The number of alkyl halides is 3. The van der Waals surface area contributed by atoms with Gasteiger partial charge in [-0.25, -0.2) is 4.39 Å². The zero-order chi connectivity index (χ0) is 18.4. The van der Waals surface area contributed by atoms with Crippen molar-refractivity contribution in [1.29, 1.82) is 0 Å². The van der Waals surface area contributed by atoms with Crippen LogP contribution in [-0.4, -0.2) is 30.1 Å². The first-order chi connectivity index (χ1) is 11.2. The van der Waals surface area contributed by atoms with Crippen LogP contribution in [0, 0.1) is 5.82 Å². The van der Waals surface area contributed by atoms with E-state index in [1.165, 1.54) is 12.1 Å². The molecule has 0 saturated carbocycles. The van der Waals surface area contributed by atoms with E-state index in [4.69, 9.17) is 10.3 Å². The number of ether oxygens (including phenoxy) is 1. The molecule has 0 aliphatic heterocycles. The summed E-state index contributed by atoms with van der Waals surface area (Å²) in [5.74, 6) is -0.888. The second-order valence-corrected chi connectivity index (χ2v) is 5.45. The van der Waals surface area contributed by atoms with E-state index in [0.29, 0.717) is 12.8 Å². The van der Waals surface area contributed by atoms with Gasteiger partial charge in [-0.15, -0.1) is 0 Å². The van der Waals surface area contributed by atoms with Crippen molar-refractivity contribution in [2.45, 2.75) is 50.6 Å². The molecule has 0 aliphatic carbocycles. The molecule has 1 rings (SSSR count). The van der Waals surface area contributed by atoms with Gasteiger partial charge in [-0.2, -0.15) is 13.2 Å². The molecule has 0 fully saturated rings. The van der Waals surface area contributed by atoms with Crippen molar-refractivity contribution in [3.63, 3.8) is 0 Å². The van der Waals surface area contributed by atoms with Crippen LogP contribution in [0.15, 0.2) is 29.4 Å². The quantitative estimate of drug-likeness (QED) is 0.247. The average molecular weight is 349 g/mol. The number of nitrogens with zero attached hydrogens (tertiary/aromatic N) is 3. The second kappa shape index (κ2) is 8.32. The topological polar surface area (TPSA) is 78.2 Å². The van der Waals surface area contributed by atoms with Crippen LogP contribution >= 0.6 is 0 Å². The van der Waals surface area contributed by atoms with Crippen molar-refractivity contribution >= 4 is 0 Å². The maximum Gasteiger partial charge on any atom is 0.417 e. The van der Waals surface area contributed by atoms with Gasteiger partial charge in [0.1, 0.15) is 17.5 Å². The van der Waals surface area contributed by atoms with Crippen LogP contribution in [0.1, 0.15) is 32.3 Å². The van der Waals surface area contributed by atoms with Gasteiger partial charge < -0.3 is 9.84 Å². The first-order valence-electron chi connectivity index (χ1n) is 7.36. The van der Waals surface area contributed by atoms with Crippen LogP contribution < -0.4 is 0 Å². The summed E-state index contributed by atoms with van der Waals surface area (Å²) in [6.45, 7) is 2.57. The summed E-state index contributed by atoms with van der Waals surface area (Å²) < 4.78 is 58.6. The van der Waals surface area contributed by atoms with Crippen LogP contribution in [0.25, 0.3) is 10.4 Å². The Hall–Kier alpha value is -1.83. The minimum absolute atomic E-state index is 0.235. The first kappa shape index (κ1) is 20.2. The number of rotatable bonds is 8. The molecule has 3 atom stereocenters. The monoisotopic (exact) mass is 349 g/mol. The second-order valence-electron chi connectivity index (χ2n) is 5.45. The zero-order valence-electron chi connectivity index (χ0n) is 13.3. The van der Waals surface area contributed by atoms with Gasteiger partial charge in [0, 0.05) is 17.1 Å². The molecule has 0 radical (unpaired) electrons. The van der Waals surface area contributed by atoms with Gasteiger partial charge in [-0.1, -0.05) is 36.7 Å². The molecular formula is C15H19F4N3O2. The number of azide groups is 1. The van der Waals surface area contributed by atoms with E-state index >= 15 is 0 Å². The first-order valence-corrected chi connectivity index (χ1v) is 7.36. The van der Waals surface area contributed by atoms with Crippen molar-refractivity contribution < 1.29 is 27.4 Å². The molecule has 1 aromatic carbocycles. The Balaban J connectivity index is 3.30. The third-order valence-corrected chi connectivity index (χ3v) is 3.65. The fraction of sp³-hybridized carbons (Fsp3) is 0.600. The number of aliphatic hydroxyl groups is 1. The number of benzene rings is 1. The Labute approximate surface area is 136 Å². The predicted molar refractivity (Wildman–Crippen MR) is 79.6 cm³/mol. The number of aliphatic hydroxyl groups excluding tert-OH is 1. The molecule has 0 bridgehead atoms. The molecule has 0 spiro atoms. The summed E-state index contributed by atoms with van der Waals surface area (Å²) in [4.78, 5) is 2.48. The molecule has 1 N–H and O–H groups in total. The number of halogens is 4. The van der Waals surface area contributed by atoms with Crippen molar-refractivity contribution in [2.75, 3.05) is 6.61 Å². The summed E-state index contributed by atoms with van der Waals surface area (Å²) >= 11 is 0. The maximum atomic E-state index is 14.0. The average Bonchev–Trinajstić information content (AvgIpc) is 2.50. The van der Waals surface area contributed by atoms with Gasteiger partial charge in [0.2, 0.25) is 0 Å². The van der Waals surface area contributed by atoms with Gasteiger partial charge >= 0.3 is 6.18 Å². The molecule has 0 heterocycles. The van der Waals surface area contributed by atoms with E-state index in [2.05, 4.69) is 10.0 Å². The van der Waals surface area contributed by atoms with E-state index in [1.54, 1.807) is 6.92 Å². The Kier molecular flexibility index (Phi) is 7.01. The highest BCUT2D eigenvalue weighted by Gasteiger charge is 2.52. The summed E-state index contributed by atoms with van der Waals surface area (Å²) in [5.41, 5.74) is 6.17. The fourth-order valence-corrected chi connectivity index (χ4v) is 2.25. The third kappa shape index (κ3) is 4.59. The van der Waals surface area contributed by atoms with Crippen LogP contribution in [0.2, 0.25) is 0 Å². The molecule has 5 nitrogen and oxygen atoms in total. The van der Waals surface area contributed by atoms with Crippen LogP contribution in [0.4, 0.5) is 17.6 Å².